The summed E-state index contributed by atoms with van der Waals surface area (Å²) in [5.41, 5.74) is 1.00. The number of aliphatic hydroxyl groups excluding tert-OH is 1. The summed E-state index contributed by atoms with van der Waals surface area (Å²) in [6, 6.07) is 5.67. The van der Waals surface area contributed by atoms with Crippen molar-refractivity contribution in [3.05, 3.63) is 23.8 Å². The van der Waals surface area contributed by atoms with Crippen molar-refractivity contribution in [2.24, 2.45) is 0 Å². The number of nitrogens with one attached hydrogen (secondary N) is 1. The monoisotopic (exact) mass is 209 g/mol. The molecule has 1 unspecified atom stereocenters. The molecule has 1 aliphatic heterocycles. The third-order valence-corrected chi connectivity index (χ3v) is 2.50. The molecule has 0 amide bonds. The van der Waals surface area contributed by atoms with Crippen molar-refractivity contribution in [3.8, 4) is 11.5 Å². The largest absolute Gasteiger partial charge is 0.486 e. The minimum Gasteiger partial charge on any atom is -0.486 e. The van der Waals surface area contributed by atoms with Crippen LogP contribution in [0.4, 0.5) is 0 Å². The predicted molar refractivity (Wildman–Crippen MR) is 56.3 cm³/mol. The molecule has 2 rings (SSSR count). The molecular formula is C11H15NO3. The van der Waals surface area contributed by atoms with Gasteiger partial charge in [-0.3, -0.25) is 0 Å². The van der Waals surface area contributed by atoms with Gasteiger partial charge in [0.15, 0.2) is 11.5 Å². The lowest BCUT2D eigenvalue weighted by molar-refractivity contribution is 0.171. The van der Waals surface area contributed by atoms with E-state index in [1.54, 1.807) is 0 Å². The van der Waals surface area contributed by atoms with E-state index in [9.17, 15) is 0 Å². The fraction of sp³-hybridized carbons (Fsp3) is 0.455. The molecule has 0 aromatic heterocycles. The molecule has 1 heterocycles. The number of ether oxygens (including phenoxy) is 2. The van der Waals surface area contributed by atoms with E-state index in [2.05, 4.69) is 5.32 Å². The van der Waals surface area contributed by atoms with Crippen LogP contribution in [0.2, 0.25) is 0 Å². The topological polar surface area (TPSA) is 50.7 Å². The van der Waals surface area contributed by atoms with Crippen molar-refractivity contribution in [1.82, 2.24) is 5.32 Å². The van der Waals surface area contributed by atoms with Crippen LogP contribution in [0.25, 0.3) is 0 Å². The highest BCUT2D eigenvalue weighted by Crippen LogP contribution is 2.32. The van der Waals surface area contributed by atoms with Gasteiger partial charge in [-0.05, 0) is 24.7 Å². The Morgan fingerprint density at radius 3 is 2.73 bits per heavy atom. The van der Waals surface area contributed by atoms with Crippen LogP contribution in [0.5, 0.6) is 11.5 Å². The van der Waals surface area contributed by atoms with E-state index in [1.807, 2.05) is 25.2 Å². The molecule has 1 aromatic rings. The van der Waals surface area contributed by atoms with Gasteiger partial charge in [-0.1, -0.05) is 6.07 Å². The smallest absolute Gasteiger partial charge is 0.161 e. The molecule has 1 aromatic carbocycles. The molecule has 0 saturated carbocycles. The molecule has 82 valence electrons. The number of fused-ring (bicyclic) bond motifs is 1. The minimum atomic E-state index is -0.0548. The quantitative estimate of drug-likeness (QED) is 0.769. The van der Waals surface area contributed by atoms with E-state index in [4.69, 9.17) is 14.6 Å². The van der Waals surface area contributed by atoms with Crippen LogP contribution in [0.3, 0.4) is 0 Å². The second-order valence-electron chi connectivity index (χ2n) is 3.43. The Balaban J connectivity index is 2.27. The van der Waals surface area contributed by atoms with Crippen LogP contribution in [-0.2, 0) is 0 Å². The highest BCUT2D eigenvalue weighted by molar-refractivity contribution is 5.44. The number of aliphatic hydroxyl groups is 1. The lowest BCUT2D eigenvalue weighted by Crippen LogP contribution is -2.21. The molecule has 0 bridgehead atoms. The highest BCUT2D eigenvalue weighted by Gasteiger charge is 2.15. The van der Waals surface area contributed by atoms with Gasteiger partial charge in [-0.15, -0.1) is 0 Å². The van der Waals surface area contributed by atoms with E-state index in [0.717, 1.165) is 17.1 Å². The average molecular weight is 209 g/mol. The first-order valence-corrected chi connectivity index (χ1v) is 5.03. The first-order valence-electron chi connectivity index (χ1n) is 5.03. The van der Waals surface area contributed by atoms with Crippen molar-refractivity contribution >= 4 is 0 Å². The van der Waals surface area contributed by atoms with Crippen molar-refractivity contribution in [2.75, 3.05) is 26.9 Å². The Labute approximate surface area is 88.8 Å². The van der Waals surface area contributed by atoms with Crippen LogP contribution < -0.4 is 14.8 Å². The summed E-state index contributed by atoms with van der Waals surface area (Å²) in [5.74, 6) is 1.53. The van der Waals surface area contributed by atoms with Gasteiger partial charge in [0.2, 0.25) is 0 Å². The molecule has 15 heavy (non-hydrogen) atoms. The number of rotatable bonds is 3. The van der Waals surface area contributed by atoms with Gasteiger partial charge in [0.1, 0.15) is 13.2 Å². The van der Waals surface area contributed by atoms with Crippen LogP contribution in [0.1, 0.15) is 11.6 Å². The number of hydrogen-bond acceptors (Lipinski definition) is 4. The van der Waals surface area contributed by atoms with Crippen LogP contribution in [0.15, 0.2) is 18.2 Å². The maximum Gasteiger partial charge on any atom is 0.161 e. The van der Waals surface area contributed by atoms with E-state index in [0.29, 0.717) is 13.2 Å². The molecule has 4 heteroatoms. The van der Waals surface area contributed by atoms with Gasteiger partial charge < -0.3 is 19.9 Å². The zero-order valence-corrected chi connectivity index (χ0v) is 8.69. The predicted octanol–water partition coefficient (Wildman–Crippen LogP) is 0.711. The fourth-order valence-electron chi connectivity index (χ4n) is 1.64. The standard InChI is InChI=1S/C11H15NO3/c1-12-9(7-13)8-2-3-10-11(6-8)15-5-4-14-10/h2-3,6,9,12-13H,4-5,7H2,1H3. The zero-order chi connectivity index (χ0) is 10.7. The van der Waals surface area contributed by atoms with Crippen LogP contribution >= 0.6 is 0 Å². The highest BCUT2D eigenvalue weighted by atomic mass is 16.6. The number of benzene rings is 1. The third kappa shape index (κ3) is 2.06. The summed E-state index contributed by atoms with van der Waals surface area (Å²) in [7, 11) is 1.82. The molecule has 1 aliphatic rings. The molecule has 0 aliphatic carbocycles. The summed E-state index contributed by atoms with van der Waals surface area (Å²) in [4.78, 5) is 0. The molecule has 0 fully saturated rings. The Morgan fingerprint density at radius 1 is 1.33 bits per heavy atom. The molecule has 1 atom stereocenters. The normalized spacial score (nSPS) is 16.1. The van der Waals surface area contributed by atoms with Crippen molar-refractivity contribution in [1.29, 1.82) is 0 Å². The molecule has 2 N–H and O–H groups in total. The first-order chi connectivity index (χ1) is 7.35. The van der Waals surface area contributed by atoms with Crippen LogP contribution in [0, 0.1) is 0 Å². The third-order valence-electron chi connectivity index (χ3n) is 2.50. The van der Waals surface area contributed by atoms with E-state index >= 15 is 0 Å². The lowest BCUT2D eigenvalue weighted by atomic mass is 10.1. The second-order valence-corrected chi connectivity index (χ2v) is 3.43. The average Bonchev–Trinajstić information content (AvgIpc) is 2.30. The maximum absolute atomic E-state index is 9.15. The zero-order valence-electron chi connectivity index (χ0n) is 8.69. The lowest BCUT2D eigenvalue weighted by Gasteiger charge is -2.21. The second kappa shape index (κ2) is 4.51. The SMILES string of the molecule is CNC(CO)c1ccc2c(c1)OCCO2. The Hall–Kier alpha value is -1.26. The van der Waals surface area contributed by atoms with Gasteiger partial charge >= 0.3 is 0 Å². The van der Waals surface area contributed by atoms with E-state index in [1.165, 1.54) is 0 Å². The van der Waals surface area contributed by atoms with Crippen molar-refractivity contribution in [2.45, 2.75) is 6.04 Å². The summed E-state index contributed by atoms with van der Waals surface area (Å²) >= 11 is 0. The van der Waals surface area contributed by atoms with Crippen molar-refractivity contribution < 1.29 is 14.6 Å². The fourth-order valence-corrected chi connectivity index (χ4v) is 1.64. The summed E-state index contributed by atoms with van der Waals surface area (Å²) in [6.07, 6.45) is 0. The molecular weight excluding hydrogens is 194 g/mol. The van der Waals surface area contributed by atoms with E-state index < -0.39 is 0 Å². The molecule has 0 radical (unpaired) electrons. The van der Waals surface area contributed by atoms with E-state index in [-0.39, 0.29) is 12.6 Å². The Morgan fingerprint density at radius 2 is 2.07 bits per heavy atom. The number of likely N-dealkylation sites (N-methyl/N-ethyl adjacent to an activating group) is 1. The minimum absolute atomic E-state index is 0.0548. The summed E-state index contributed by atoms with van der Waals surface area (Å²) in [5, 5.41) is 12.2. The van der Waals surface area contributed by atoms with Crippen LogP contribution in [-0.4, -0.2) is 32.0 Å². The Kier molecular flexibility index (Phi) is 3.08. The molecule has 0 saturated heterocycles. The van der Waals surface area contributed by atoms with Gasteiger partial charge in [0.25, 0.3) is 0 Å². The molecule has 4 nitrogen and oxygen atoms in total. The summed E-state index contributed by atoms with van der Waals surface area (Å²) < 4.78 is 10.9. The maximum atomic E-state index is 9.15. The van der Waals surface area contributed by atoms with Crippen molar-refractivity contribution in [3.63, 3.8) is 0 Å². The van der Waals surface area contributed by atoms with Gasteiger partial charge in [0.05, 0.1) is 12.6 Å². The van der Waals surface area contributed by atoms with Gasteiger partial charge in [-0.2, -0.15) is 0 Å². The molecule has 0 spiro atoms. The van der Waals surface area contributed by atoms with Gasteiger partial charge in [-0.25, -0.2) is 0 Å². The number of hydrogen-bond donors (Lipinski definition) is 2. The Bertz CT molecular complexity index is 337. The first kappa shape index (κ1) is 10.3. The van der Waals surface area contributed by atoms with Gasteiger partial charge in [0, 0.05) is 0 Å². The summed E-state index contributed by atoms with van der Waals surface area (Å²) in [6.45, 7) is 1.25.